The number of ketones is 1. The summed E-state index contributed by atoms with van der Waals surface area (Å²) in [5.74, 6) is 0.942. The van der Waals surface area contributed by atoms with Gasteiger partial charge in [0.25, 0.3) is 0 Å². The monoisotopic (exact) mass is 459 g/mol. The van der Waals surface area contributed by atoms with Gasteiger partial charge in [0.15, 0.2) is 23.0 Å². The zero-order chi connectivity index (χ0) is 23.9. The van der Waals surface area contributed by atoms with Gasteiger partial charge in [0, 0.05) is 35.4 Å². The molecule has 0 amide bonds. The molecule has 0 unspecified atom stereocenters. The maximum atomic E-state index is 13.1. The Balaban J connectivity index is 1.60. The molecule has 34 heavy (non-hydrogen) atoms. The van der Waals surface area contributed by atoms with Crippen LogP contribution < -0.4 is 9.47 Å². The van der Waals surface area contributed by atoms with E-state index >= 15 is 0 Å². The van der Waals surface area contributed by atoms with Crippen molar-refractivity contribution >= 4 is 17.8 Å². The van der Waals surface area contributed by atoms with Crippen molar-refractivity contribution in [2.75, 3.05) is 27.8 Å². The van der Waals surface area contributed by atoms with Crippen molar-refractivity contribution in [1.82, 2.24) is 4.90 Å². The molecule has 2 aromatic rings. The van der Waals surface area contributed by atoms with Gasteiger partial charge in [0.1, 0.15) is 0 Å². The third-order valence-electron chi connectivity index (χ3n) is 7.60. The smallest absolute Gasteiger partial charge is 0.336 e. The molecule has 1 fully saturated rings. The maximum Gasteiger partial charge on any atom is 0.336 e. The lowest BCUT2D eigenvalue weighted by atomic mass is 9.53. The number of nitrogens with zero attached hydrogens (tertiary/aromatic N) is 1. The van der Waals surface area contributed by atoms with Crippen molar-refractivity contribution in [3.63, 3.8) is 0 Å². The molecule has 5 rings (SSSR count). The van der Waals surface area contributed by atoms with E-state index in [0.29, 0.717) is 23.7 Å². The number of rotatable bonds is 5. The van der Waals surface area contributed by atoms with Crippen LogP contribution in [0.4, 0.5) is 0 Å². The quantitative estimate of drug-likeness (QED) is 0.384. The van der Waals surface area contributed by atoms with Crippen LogP contribution in [0.5, 0.6) is 11.5 Å². The molecule has 176 valence electrons. The van der Waals surface area contributed by atoms with Crippen LogP contribution in [0.25, 0.3) is 6.08 Å². The Bertz CT molecular complexity index is 1180. The minimum Gasteiger partial charge on any atom is -0.493 e. The van der Waals surface area contributed by atoms with E-state index < -0.39 is 11.4 Å². The fourth-order valence-electron chi connectivity index (χ4n) is 5.97. The van der Waals surface area contributed by atoms with Crippen molar-refractivity contribution in [3.8, 4) is 11.5 Å². The predicted octanol–water partition coefficient (Wildman–Crippen LogP) is 3.93. The molecule has 1 heterocycles. The molecular weight excluding hydrogens is 430 g/mol. The van der Waals surface area contributed by atoms with Crippen molar-refractivity contribution < 1.29 is 23.8 Å². The summed E-state index contributed by atoms with van der Waals surface area (Å²) >= 11 is 0. The molecule has 6 nitrogen and oxygen atoms in total. The molecule has 0 N–H and O–H groups in total. The second kappa shape index (κ2) is 8.76. The van der Waals surface area contributed by atoms with E-state index in [1.54, 1.807) is 20.3 Å². The van der Waals surface area contributed by atoms with Crippen LogP contribution >= 0.6 is 0 Å². The number of methoxy groups -OCH3 is 2. The Hall–Kier alpha value is -3.38. The summed E-state index contributed by atoms with van der Waals surface area (Å²) in [4.78, 5) is 28.3. The summed E-state index contributed by atoms with van der Waals surface area (Å²) in [6, 6.07) is 13.8. The van der Waals surface area contributed by atoms with Gasteiger partial charge in [-0.3, -0.25) is 4.79 Å². The fraction of sp³-hybridized carbons (Fsp3) is 0.357. The number of likely N-dealkylation sites (N-methyl/N-ethyl adjacent to an activating group) is 1. The van der Waals surface area contributed by atoms with Crippen LogP contribution in [-0.2, 0) is 26.2 Å². The maximum absolute atomic E-state index is 13.1. The van der Waals surface area contributed by atoms with Crippen molar-refractivity contribution in [2.24, 2.45) is 5.92 Å². The number of hydrogen-bond donors (Lipinski definition) is 0. The molecule has 2 bridgehead atoms. The van der Waals surface area contributed by atoms with Gasteiger partial charge in [-0.15, -0.1) is 0 Å². The van der Waals surface area contributed by atoms with Crippen molar-refractivity contribution in [3.05, 3.63) is 77.1 Å². The zero-order valence-electron chi connectivity index (χ0n) is 19.7. The highest BCUT2D eigenvalue weighted by Gasteiger charge is 2.56. The molecule has 0 aromatic heterocycles. The summed E-state index contributed by atoms with van der Waals surface area (Å²) in [5.41, 5.74) is 2.48. The summed E-state index contributed by atoms with van der Waals surface area (Å²) in [5, 5.41) is 0. The Morgan fingerprint density at radius 2 is 1.91 bits per heavy atom. The summed E-state index contributed by atoms with van der Waals surface area (Å²) in [6.45, 7) is 0.864. The first kappa shape index (κ1) is 22.4. The Morgan fingerprint density at radius 1 is 1.12 bits per heavy atom. The second-order valence-corrected chi connectivity index (χ2v) is 9.32. The molecule has 2 aliphatic carbocycles. The topological polar surface area (TPSA) is 65.1 Å². The molecule has 2 aromatic carbocycles. The van der Waals surface area contributed by atoms with E-state index in [0.717, 1.165) is 36.1 Å². The van der Waals surface area contributed by atoms with Gasteiger partial charge in [0.05, 0.1) is 14.2 Å². The minimum absolute atomic E-state index is 0.0148. The standard InChI is InChI=1S/C28H29NO5/c1-29-14-13-28-17-22(30)24(33-3)16-20(28)21(29)15-19-10-11-23(32-2)27(26(19)28)34-25(31)12-9-18-7-5-4-6-8-18/h4-12,16,20-21H,13-15,17H2,1-3H3/b12-9+/t20-,21+,28-/m1/s1. The predicted molar refractivity (Wildman–Crippen MR) is 129 cm³/mol. The van der Waals surface area contributed by atoms with Crippen LogP contribution in [0.2, 0.25) is 0 Å². The van der Waals surface area contributed by atoms with Gasteiger partial charge >= 0.3 is 5.97 Å². The fourth-order valence-corrected chi connectivity index (χ4v) is 5.97. The van der Waals surface area contributed by atoms with E-state index in [-0.39, 0.29) is 17.7 Å². The average Bonchev–Trinajstić information content (AvgIpc) is 2.85. The number of carbonyl (C=O) groups is 2. The van der Waals surface area contributed by atoms with Gasteiger partial charge < -0.3 is 19.1 Å². The zero-order valence-corrected chi connectivity index (χ0v) is 19.7. The lowest BCUT2D eigenvalue weighted by Crippen LogP contribution is -2.60. The lowest BCUT2D eigenvalue weighted by molar-refractivity contribution is -0.129. The molecule has 0 saturated carbocycles. The average molecular weight is 460 g/mol. The summed E-state index contributed by atoms with van der Waals surface area (Å²) in [7, 11) is 5.26. The van der Waals surface area contributed by atoms with E-state index in [1.807, 2.05) is 42.5 Å². The van der Waals surface area contributed by atoms with Crippen LogP contribution in [0.3, 0.4) is 0 Å². The highest BCUT2D eigenvalue weighted by molar-refractivity contribution is 5.96. The van der Waals surface area contributed by atoms with Gasteiger partial charge in [0.2, 0.25) is 0 Å². The van der Waals surface area contributed by atoms with Gasteiger partial charge in [-0.1, -0.05) is 36.4 Å². The van der Waals surface area contributed by atoms with Gasteiger partial charge in [-0.05, 0) is 55.8 Å². The van der Waals surface area contributed by atoms with Crippen LogP contribution in [-0.4, -0.2) is 50.5 Å². The number of fused-ring (bicyclic) bond motifs is 1. The van der Waals surface area contributed by atoms with Crippen molar-refractivity contribution in [1.29, 1.82) is 0 Å². The minimum atomic E-state index is -0.478. The molecule has 0 spiro atoms. The third kappa shape index (κ3) is 3.62. The van der Waals surface area contributed by atoms with E-state index in [1.165, 1.54) is 6.08 Å². The summed E-state index contributed by atoms with van der Waals surface area (Å²) in [6.07, 6.45) is 7.07. The lowest BCUT2D eigenvalue weighted by Gasteiger charge is -2.56. The number of ether oxygens (including phenoxy) is 3. The van der Waals surface area contributed by atoms with E-state index in [4.69, 9.17) is 14.2 Å². The summed E-state index contributed by atoms with van der Waals surface area (Å²) < 4.78 is 17.0. The number of likely N-dealkylation sites (tertiary alicyclic amines) is 1. The number of hydrogen-bond acceptors (Lipinski definition) is 6. The number of piperidine rings is 1. The Morgan fingerprint density at radius 3 is 2.65 bits per heavy atom. The van der Waals surface area contributed by atoms with Crippen molar-refractivity contribution in [2.45, 2.75) is 30.7 Å². The Kier molecular flexibility index (Phi) is 5.78. The van der Waals surface area contributed by atoms with E-state index in [2.05, 4.69) is 18.0 Å². The molecule has 1 aliphatic heterocycles. The Labute approximate surface area is 199 Å². The molecule has 3 aliphatic rings. The molecule has 3 atom stereocenters. The molecule has 1 saturated heterocycles. The first-order chi connectivity index (χ1) is 16.5. The van der Waals surface area contributed by atoms with Crippen LogP contribution in [0.1, 0.15) is 29.5 Å². The second-order valence-electron chi connectivity index (χ2n) is 9.32. The third-order valence-corrected chi connectivity index (χ3v) is 7.60. The highest BCUT2D eigenvalue weighted by Crippen LogP contribution is 2.58. The number of carbonyl (C=O) groups excluding carboxylic acids is 2. The largest absolute Gasteiger partial charge is 0.493 e. The molecular formula is C28H29NO5. The molecule has 0 radical (unpaired) electrons. The van der Waals surface area contributed by atoms with Crippen LogP contribution in [0, 0.1) is 5.92 Å². The van der Waals surface area contributed by atoms with Crippen LogP contribution in [0.15, 0.2) is 60.4 Å². The van der Waals surface area contributed by atoms with Gasteiger partial charge in [-0.2, -0.15) is 0 Å². The highest BCUT2D eigenvalue weighted by atomic mass is 16.6. The first-order valence-electron chi connectivity index (χ1n) is 11.6. The van der Waals surface area contributed by atoms with Gasteiger partial charge in [-0.25, -0.2) is 4.79 Å². The number of esters is 1. The number of benzene rings is 2. The van der Waals surface area contributed by atoms with E-state index in [9.17, 15) is 9.59 Å². The SMILES string of the molecule is COC1=C[C@@H]2[C@@H]3Cc4ccc(OC)c(OC(=O)/C=C/c5ccccc5)c4[C@]2(CCN3C)CC1=O. The number of Topliss-reactive ketones (excluding diaryl/α,β-unsaturated/α-hetero) is 1. The normalized spacial score (nSPS) is 25.9. The number of allylic oxidation sites excluding steroid dienone is 1. The first-order valence-corrected chi connectivity index (χ1v) is 11.6. The molecule has 6 heteroatoms.